The van der Waals surface area contributed by atoms with E-state index in [1.54, 1.807) is 6.07 Å². The van der Waals surface area contributed by atoms with E-state index in [1.807, 2.05) is 32.0 Å². The Morgan fingerprint density at radius 3 is 2.71 bits per heavy atom. The molecule has 0 aliphatic carbocycles. The molecule has 0 saturated heterocycles. The zero-order valence-corrected chi connectivity index (χ0v) is 14.5. The SMILES string of the molecule is COc1cc(/C=N\NC(=O)Cc2ccc(C)c(C)c2)cc(Cl)c1O. The zero-order valence-electron chi connectivity index (χ0n) is 13.8. The van der Waals surface area contributed by atoms with Crippen molar-refractivity contribution in [3.05, 3.63) is 57.6 Å². The van der Waals surface area contributed by atoms with Gasteiger partial charge in [0.15, 0.2) is 11.5 Å². The lowest BCUT2D eigenvalue weighted by atomic mass is 10.0. The van der Waals surface area contributed by atoms with Gasteiger partial charge >= 0.3 is 0 Å². The molecule has 24 heavy (non-hydrogen) atoms. The number of phenolic OH excluding ortho intramolecular Hbond substituents is 1. The first-order valence-corrected chi connectivity index (χ1v) is 7.73. The number of aryl methyl sites for hydroxylation is 2. The predicted molar refractivity (Wildman–Crippen MR) is 95.0 cm³/mol. The summed E-state index contributed by atoms with van der Waals surface area (Å²) in [5, 5.41) is 13.7. The number of hydrazone groups is 1. The van der Waals surface area contributed by atoms with E-state index in [2.05, 4.69) is 10.5 Å². The molecule has 1 amide bonds. The van der Waals surface area contributed by atoms with Gasteiger partial charge in [0.25, 0.3) is 0 Å². The smallest absolute Gasteiger partial charge is 0.244 e. The first-order chi connectivity index (χ1) is 11.4. The lowest BCUT2D eigenvalue weighted by Crippen LogP contribution is -2.19. The molecular formula is C18H19ClN2O3. The van der Waals surface area contributed by atoms with Crippen molar-refractivity contribution in [2.45, 2.75) is 20.3 Å². The van der Waals surface area contributed by atoms with E-state index in [9.17, 15) is 9.90 Å². The Bertz CT molecular complexity index is 788. The summed E-state index contributed by atoms with van der Waals surface area (Å²) in [5.74, 6) is -0.105. The third-order valence-corrected chi connectivity index (χ3v) is 3.90. The average Bonchev–Trinajstić information content (AvgIpc) is 2.54. The van der Waals surface area contributed by atoms with Gasteiger partial charge in [0.2, 0.25) is 5.91 Å². The number of ether oxygens (including phenoxy) is 1. The van der Waals surface area contributed by atoms with Gasteiger partial charge in [-0.3, -0.25) is 4.79 Å². The van der Waals surface area contributed by atoms with E-state index in [0.717, 1.165) is 11.1 Å². The number of phenols is 1. The molecule has 2 aromatic rings. The van der Waals surface area contributed by atoms with Crippen molar-refractivity contribution in [1.82, 2.24) is 5.43 Å². The highest BCUT2D eigenvalue weighted by atomic mass is 35.5. The highest BCUT2D eigenvalue weighted by Crippen LogP contribution is 2.34. The molecule has 6 heteroatoms. The molecule has 0 fully saturated rings. The molecule has 0 heterocycles. The van der Waals surface area contributed by atoms with Crippen LogP contribution in [0.3, 0.4) is 0 Å². The predicted octanol–water partition coefficient (Wildman–Crippen LogP) is 3.36. The average molecular weight is 347 g/mol. The van der Waals surface area contributed by atoms with Crippen LogP contribution in [0.4, 0.5) is 0 Å². The van der Waals surface area contributed by atoms with Gasteiger partial charge in [0, 0.05) is 0 Å². The van der Waals surface area contributed by atoms with Crippen molar-refractivity contribution in [2.75, 3.05) is 7.11 Å². The molecule has 0 atom stereocenters. The van der Waals surface area contributed by atoms with Crippen LogP contribution in [0.25, 0.3) is 0 Å². The van der Waals surface area contributed by atoms with E-state index in [4.69, 9.17) is 16.3 Å². The zero-order chi connectivity index (χ0) is 17.7. The summed E-state index contributed by atoms with van der Waals surface area (Å²) in [6, 6.07) is 9.00. The largest absolute Gasteiger partial charge is 0.503 e. The van der Waals surface area contributed by atoms with Gasteiger partial charge in [-0.25, -0.2) is 5.43 Å². The van der Waals surface area contributed by atoms with Gasteiger partial charge in [-0.05, 0) is 48.2 Å². The van der Waals surface area contributed by atoms with Crippen LogP contribution in [0.2, 0.25) is 5.02 Å². The van der Waals surface area contributed by atoms with Crippen LogP contribution >= 0.6 is 11.6 Å². The molecule has 0 bridgehead atoms. The van der Waals surface area contributed by atoms with Crippen LogP contribution < -0.4 is 10.2 Å². The standard InChI is InChI=1S/C18H19ClN2O3/c1-11-4-5-13(6-12(11)2)9-17(22)21-20-10-14-7-15(19)18(23)16(8-14)24-3/h4-8,10,23H,9H2,1-3H3,(H,21,22)/b20-10-. The maximum Gasteiger partial charge on any atom is 0.244 e. The fourth-order valence-electron chi connectivity index (χ4n) is 2.14. The minimum absolute atomic E-state index is 0.130. The van der Waals surface area contributed by atoms with Crippen LogP contribution in [0.1, 0.15) is 22.3 Å². The molecule has 2 rings (SSSR count). The van der Waals surface area contributed by atoms with Gasteiger partial charge in [-0.15, -0.1) is 0 Å². The third kappa shape index (κ3) is 4.49. The second-order valence-corrected chi connectivity index (χ2v) is 5.85. The third-order valence-electron chi connectivity index (χ3n) is 3.61. The number of amides is 1. The number of hydrogen-bond acceptors (Lipinski definition) is 4. The molecule has 126 valence electrons. The van der Waals surface area contributed by atoms with Gasteiger partial charge in [-0.1, -0.05) is 29.8 Å². The summed E-state index contributed by atoms with van der Waals surface area (Å²) < 4.78 is 5.01. The van der Waals surface area contributed by atoms with Gasteiger partial charge in [0.05, 0.1) is 24.8 Å². The van der Waals surface area contributed by atoms with Crippen LogP contribution in [0.15, 0.2) is 35.4 Å². The molecule has 0 radical (unpaired) electrons. The Kier molecular flexibility index (Phi) is 5.82. The normalized spacial score (nSPS) is 10.8. The van der Waals surface area contributed by atoms with Crippen molar-refractivity contribution in [3.8, 4) is 11.5 Å². The molecule has 0 aliphatic heterocycles. The monoisotopic (exact) mass is 346 g/mol. The van der Waals surface area contributed by atoms with Crippen molar-refractivity contribution >= 4 is 23.7 Å². The number of aromatic hydroxyl groups is 1. The molecule has 2 aromatic carbocycles. The van der Waals surface area contributed by atoms with Gasteiger partial charge < -0.3 is 9.84 Å². The van der Waals surface area contributed by atoms with Crippen molar-refractivity contribution in [3.63, 3.8) is 0 Å². The minimum atomic E-state index is -0.216. The fraction of sp³-hybridized carbons (Fsp3) is 0.222. The number of nitrogens with one attached hydrogen (secondary N) is 1. The Hall–Kier alpha value is -2.53. The van der Waals surface area contributed by atoms with Crippen molar-refractivity contribution < 1.29 is 14.6 Å². The summed E-state index contributed by atoms with van der Waals surface area (Å²) in [4.78, 5) is 11.9. The van der Waals surface area contributed by atoms with Crippen LogP contribution in [0, 0.1) is 13.8 Å². The maximum absolute atomic E-state index is 11.9. The minimum Gasteiger partial charge on any atom is -0.503 e. The van der Waals surface area contributed by atoms with Crippen molar-refractivity contribution in [2.24, 2.45) is 5.10 Å². The summed E-state index contributed by atoms with van der Waals surface area (Å²) >= 11 is 5.90. The topological polar surface area (TPSA) is 70.9 Å². The number of nitrogens with zero attached hydrogens (tertiary/aromatic N) is 1. The van der Waals surface area contributed by atoms with Crippen LogP contribution in [-0.2, 0) is 11.2 Å². The molecule has 5 nitrogen and oxygen atoms in total. The van der Waals surface area contributed by atoms with E-state index in [0.29, 0.717) is 5.56 Å². The summed E-state index contributed by atoms with van der Waals surface area (Å²) in [6.45, 7) is 4.04. The Balaban J connectivity index is 1.99. The number of hydrogen-bond donors (Lipinski definition) is 2. The number of benzene rings is 2. The Morgan fingerprint density at radius 2 is 2.04 bits per heavy atom. The molecule has 0 spiro atoms. The van der Waals surface area contributed by atoms with E-state index < -0.39 is 0 Å². The number of halogens is 1. The molecule has 0 aliphatic rings. The first-order valence-electron chi connectivity index (χ1n) is 7.35. The Morgan fingerprint density at radius 1 is 1.29 bits per heavy atom. The number of methoxy groups -OCH3 is 1. The second kappa shape index (κ2) is 7.84. The maximum atomic E-state index is 11.9. The Labute approximate surface area is 145 Å². The lowest BCUT2D eigenvalue weighted by molar-refractivity contribution is -0.120. The lowest BCUT2D eigenvalue weighted by Gasteiger charge is -2.06. The second-order valence-electron chi connectivity index (χ2n) is 5.44. The fourth-order valence-corrected chi connectivity index (χ4v) is 2.36. The van der Waals surface area contributed by atoms with Crippen molar-refractivity contribution in [1.29, 1.82) is 0 Å². The van der Waals surface area contributed by atoms with E-state index >= 15 is 0 Å². The van der Waals surface area contributed by atoms with Gasteiger partial charge in [0.1, 0.15) is 0 Å². The quantitative estimate of drug-likeness (QED) is 0.644. The molecule has 2 N–H and O–H groups in total. The van der Waals surface area contributed by atoms with E-state index in [1.165, 1.54) is 25.0 Å². The molecule has 0 saturated carbocycles. The van der Waals surface area contributed by atoms with E-state index in [-0.39, 0.29) is 28.8 Å². The number of carbonyl (C=O) groups is 1. The number of rotatable bonds is 5. The first kappa shape index (κ1) is 17.8. The summed E-state index contributed by atoms with van der Waals surface area (Å²) in [7, 11) is 1.43. The molecule has 0 unspecified atom stereocenters. The number of carbonyl (C=O) groups excluding carboxylic acids is 1. The molecular weight excluding hydrogens is 328 g/mol. The highest BCUT2D eigenvalue weighted by molar-refractivity contribution is 6.32. The summed E-state index contributed by atoms with van der Waals surface area (Å²) in [5.41, 5.74) is 6.34. The van der Waals surface area contributed by atoms with Crippen LogP contribution in [-0.4, -0.2) is 24.3 Å². The van der Waals surface area contributed by atoms with Gasteiger partial charge in [-0.2, -0.15) is 5.10 Å². The highest BCUT2D eigenvalue weighted by Gasteiger charge is 2.08. The molecule has 0 aromatic heterocycles. The summed E-state index contributed by atoms with van der Waals surface area (Å²) in [6.07, 6.45) is 1.68. The van der Waals surface area contributed by atoms with Crippen LogP contribution in [0.5, 0.6) is 11.5 Å².